The van der Waals surface area contributed by atoms with Gasteiger partial charge in [-0.15, -0.1) is 0 Å². The Balaban J connectivity index is 1.52. The third kappa shape index (κ3) is 3.35. The minimum atomic E-state index is 0.258. The molecule has 2 heterocycles. The fourth-order valence-electron chi connectivity index (χ4n) is 4.20. The van der Waals surface area contributed by atoms with Crippen LogP contribution in [0, 0.1) is 0 Å². The second-order valence-corrected chi connectivity index (χ2v) is 6.80. The van der Waals surface area contributed by atoms with E-state index in [9.17, 15) is 0 Å². The van der Waals surface area contributed by atoms with Crippen LogP contribution in [0.3, 0.4) is 0 Å². The highest BCUT2D eigenvalue weighted by molar-refractivity contribution is 4.93. The van der Waals surface area contributed by atoms with E-state index in [0.717, 1.165) is 32.8 Å². The van der Waals surface area contributed by atoms with Crippen LogP contribution in [0.25, 0.3) is 0 Å². The molecule has 3 aliphatic rings. The molecule has 0 aromatic heterocycles. The highest BCUT2D eigenvalue weighted by Gasteiger charge is 2.41. The minimum absolute atomic E-state index is 0.258. The lowest BCUT2D eigenvalue weighted by Gasteiger charge is -2.38. The third-order valence-corrected chi connectivity index (χ3v) is 5.33. The standard InChI is InChI=1S/C16H30N2O2/c1-17-11-14-13-19-10-9-18(14)12-15-5-8-16(20-15)6-3-2-4-7-16/h14-15,17H,2-13H2,1H3. The van der Waals surface area contributed by atoms with Crippen molar-refractivity contribution in [1.29, 1.82) is 0 Å². The van der Waals surface area contributed by atoms with Gasteiger partial charge in [0.25, 0.3) is 0 Å². The summed E-state index contributed by atoms with van der Waals surface area (Å²) in [6.45, 7) is 4.89. The predicted molar refractivity (Wildman–Crippen MR) is 80.0 cm³/mol. The minimum Gasteiger partial charge on any atom is -0.378 e. The summed E-state index contributed by atoms with van der Waals surface area (Å²) in [5.74, 6) is 0. The molecule has 3 fully saturated rings. The van der Waals surface area contributed by atoms with Crippen LogP contribution >= 0.6 is 0 Å². The van der Waals surface area contributed by atoms with E-state index in [1.165, 1.54) is 44.9 Å². The van der Waals surface area contributed by atoms with E-state index >= 15 is 0 Å². The number of nitrogens with one attached hydrogen (secondary N) is 1. The van der Waals surface area contributed by atoms with Crippen molar-refractivity contribution in [3.8, 4) is 0 Å². The van der Waals surface area contributed by atoms with Gasteiger partial charge in [-0.2, -0.15) is 0 Å². The Morgan fingerprint density at radius 3 is 2.85 bits per heavy atom. The van der Waals surface area contributed by atoms with Gasteiger partial charge in [-0.1, -0.05) is 19.3 Å². The van der Waals surface area contributed by atoms with Crippen LogP contribution in [0.2, 0.25) is 0 Å². The molecule has 1 spiro atoms. The summed E-state index contributed by atoms with van der Waals surface area (Å²) in [6, 6.07) is 0.514. The van der Waals surface area contributed by atoms with E-state index in [4.69, 9.17) is 9.47 Å². The Morgan fingerprint density at radius 1 is 1.20 bits per heavy atom. The molecule has 3 rings (SSSR count). The second kappa shape index (κ2) is 6.73. The largest absolute Gasteiger partial charge is 0.378 e. The summed E-state index contributed by atoms with van der Waals surface area (Å²) in [7, 11) is 2.02. The third-order valence-electron chi connectivity index (χ3n) is 5.33. The van der Waals surface area contributed by atoms with E-state index in [1.54, 1.807) is 0 Å². The lowest BCUT2D eigenvalue weighted by atomic mass is 9.83. The molecule has 1 saturated carbocycles. The van der Waals surface area contributed by atoms with Crippen molar-refractivity contribution in [2.75, 3.05) is 39.9 Å². The number of ether oxygens (including phenoxy) is 2. The molecule has 4 heteroatoms. The maximum absolute atomic E-state index is 6.52. The molecular formula is C16H30N2O2. The first-order chi connectivity index (χ1) is 9.81. The smallest absolute Gasteiger partial charge is 0.0710 e. The maximum Gasteiger partial charge on any atom is 0.0710 e. The first-order valence-electron chi connectivity index (χ1n) is 8.46. The summed E-state index contributed by atoms with van der Waals surface area (Å²) in [5.41, 5.74) is 0.258. The molecule has 0 aromatic carbocycles. The Kier molecular flexibility index (Phi) is 4.97. The van der Waals surface area contributed by atoms with Crippen LogP contribution in [0.15, 0.2) is 0 Å². The van der Waals surface area contributed by atoms with Gasteiger partial charge in [0.15, 0.2) is 0 Å². The van der Waals surface area contributed by atoms with Gasteiger partial charge < -0.3 is 14.8 Å². The number of hydrogen-bond acceptors (Lipinski definition) is 4. The SMILES string of the molecule is CNCC1COCCN1CC1CCC2(CCCCC2)O1. The number of likely N-dealkylation sites (N-methyl/N-ethyl adjacent to an activating group) is 1. The molecule has 0 amide bonds. The van der Waals surface area contributed by atoms with Gasteiger partial charge in [0.05, 0.1) is 24.9 Å². The summed E-state index contributed by atoms with van der Waals surface area (Å²) >= 11 is 0. The lowest BCUT2D eigenvalue weighted by Crippen LogP contribution is -2.52. The Bertz CT molecular complexity index is 303. The molecule has 2 aliphatic heterocycles. The van der Waals surface area contributed by atoms with Crippen LogP contribution in [0.1, 0.15) is 44.9 Å². The van der Waals surface area contributed by atoms with Gasteiger partial charge in [-0.05, 0) is 32.7 Å². The Labute approximate surface area is 123 Å². The molecule has 20 heavy (non-hydrogen) atoms. The highest BCUT2D eigenvalue weighted by atomic mass is 16.5. The van der Waals surface area contributed by atoms with E-state index in [1.807, 2.05) is 7.05 Å². The van der Waals surface area contributed by atoms with Gasteiger partial charge in [0.2, 0.25) is 0 Å². The topological polar surface area (TPSA) is 33.7 Å². The van der Waals surface area contributed by atoms with Crippen LogP contribution in [-0.4, -0.2) is 62.5 Å². The zero-order valence-electron chi connectivity index (χ0n) is 12.9. The van der Waals surface area contributed by atoms with E-state index in [0.29, 0.717) is 12.1 Å². The molecule has 1 aliphatic carbocycles. The molecule has 0 aromatic rings. The molecule has 4 nitrogen and oxygen atoms in total. The van der Waals surface area contributed by atoms with Crippen molar-refractivity contribution in [2.24, 2.45) is 0 Å². The first kappa shape index (κ1) is 14.8. The zero-order valence-corrected chi connectivity index (χ0v) is 12.9. The summed E-state index contributed by atoms with van der Waals surface area (Å²) in [5, 5.41) is 3.29. The second-order valence-electron chi connectivity index (χ2n) is 6.80. The molecule has 1 N–H and O–H groups in total. The van der Waals surface area contributed by atoms with Gasteiger partial charge >= 0.3 is 0 Å². The number of morpholine rings is 1. The van der Waals surface area contributed by atoms with Gasteiger partial charge in [-0.25, -0.2) is 0 Å². The number of nitrogens with zero attached hydrogens (tertiary/aromatic N) is 1. The number of hydrogen-bond donors (Lipinski definition) is 1. The maximum atomic E-state index is 6.52. The fourth-order valence-corrected chi connectivity index (χ4v) is 4.20. The van der Waals surface area contributed by atoms with Crippen molar-refractivity contribution in [3.05, 3.63) is 0 Å². The van der Waals surface area contributed by atoms with E-state index in [-0.39, 0.29) is 5.60 Å². The summed E-state index contributed by atoms with van der Waals surface area (Å²) in [4.78, 5) is 2.58. The average molecular weight is 282 g/mol. The lowest BCUT2D eigenvalue weighted by molar-refractivity contribution is -0.0872. The van der Waals surface area contributed by atoms with Gasteiger partial charge in [0, 0.05) is 25.7 Å². The fraction of sp³-hybridized carbons (Fsp3) is 1.00. The van der Waals surface area contributed by atoms with Crippen molar-refractivity contribution in [1.82, 2.24) is 10.2 Å². The molecule has 116 valence electrons. The molecule has 0 bridgehead atoms. The van der Waals surface area contributed by atoms with Gasteiger partial charge in [-0.3, -0.25) is 4.90 Å². The van der Waals surface area contributed by atoms with Crippen LogP contribution in [0.4, 0.5) is 0 Å². The van der Waals surface area contributed by atoms with Crippen LogP contribution in [-0.2, 0) is 9.47 Å². The highest BCUT2D eigenvalue weighted by Crippen LogP contribution is 2.42. The van der Waals surface area contributed by atoms with Crippen LogP contribution < -0.4 is 5.32 Å². The van der Waals surface area contributed by atoms with Crippen molar-refractivity contribution >= 4 is 0 Å². The van der Waals surface area contributed by atoms with Crippen LogP contribution in [0.5, 0.6) is 0 Å². The van der Waals surface area contributed by atoms with Crippen molar-refractivity contribution in [2.45, 2.75) is 62.7 Å². The predicted octanol–water partition coefficient (Wildman–Crippen LogP) is 1.79. The zero-order chi connectivity index (χ0) is 13.8. The first-order valence-corrected chi connectivity index (χ1v) is 8.46. The van der Waals surface area contributed by atoms with Crippen molar-refractivity contribution < 1.29 is 9.47 Å². The van der Waals surface area contributed by atoms with Gasteiger partial charge in [0.1, 0.15) is 0 Å². The van der Waals surface area contributed by atoms with E-state index in [2.05, 4.69) is 10.2 Å². The molecular weight excluding hydrogens is 252 g/mol. The Morgan fingerprint density at radius 2 is 2.05 bits per heavy atom. The number of rotatable bonds is 4. The normalized spacial score (nSPS) is 34.6. The monoisotopic (exact) mass is 282 g/mol. The molecule has 2 saturated heterocycles. The quantitative estimate of drug-likeness (QED) is 0.852. The van der Waals surface area contributed by atoms with Crippen molar-refractivity contribution in [3.63, 3.8) is 0 Å². The summed E-state index contributed by atoms with van der Waals surface area (Å²) < 4.78 is 12.1. The Hall–Kier alpha value is -0.160. The average Bonchev–Trinajstić information content (AvgIpc) is 2.85. The summed E-state index contributed by atoms with van der Waals surface area (Å²) in [6.07, 6.45) is 9.73. The molecule has 0 radical (unpaired) electrons. The van der Waals surface area contributed by atoms with E-state index < -0.39 is 0 Å². The molecule has 2 unspecified atom stereocenters. The molecule has 2 atom stereocenters.